The van der Waals surface area contributed by atoms with Crippen molar-refractivity contribution in [1.29, 1.82) is 0 Å². The topological polar surface area (TPSA) is 59.6 Å². The number of carbonyl (C=O) groups excluding carboxylic acids is 1. The average molecular weight is 346 g/mol. The van der Waals surface area contributed by atoms with Crippen LogP contribution in [0.3, 0.4) is 0 Å². The molecule has 0 fully saturated rings. The van der Waals surface area contributed by atoms with Gasteiger partial charge in [-0.05, 0) is 48.7 Å². The van der Waals surface area contributed by atoms with Crippen LogP contribution in [0.5, 0.6) is 11.5 Å². The smallest absolute Gasteiger partial charge is 0.314 e. The van der Waals surface area contributed by atoms with Gasteiger partial charge in [-0.15, -0.1) is 0 Å². The van der Waals surface area contributed by atoms with Crippen LogP contribution < -0.4 is 20.1 Å². The van der Waals surface area contributed by atoms with E-state index in [1.54, 1.807) is 19.2 Å². The number of urea groups is 1. The van der Waals surface area contributed by atoms with Crippen molar-refractivity contribution in [3.8, 4) is 11.5 Å². The number of hydrogen-bond acceptors (Lipinski definition) is 3. The molecule has 0 spiro atoms. The van der Waals surface area contributed by atoms with Crippen LogP contribution in [0.4, 0.5) is 9.18 Å². The Balaban J connectivity index is 1.56. The number of ether oxygens (including phenoxy) is 2. The van der Waals surface area contributed by atoms with Crippen molar-refractivity contribution >= 4 is 6.03 Å². The number of halogens is 1. The van der Waals surface area contributed by atoms with Gasteiger partial charge in [0.25, 0.3) is 0 Å². The molecule has 2 aromatic carbocycles. The third-order valence-electron chi connectivity index (χ3n) is 3.56. The number of benzene rings is 2. The van der Waals surface area contributed by atoms with E-state index >= 15 is 0 Å². The first-order valence-electron chi connectivity index (χ1n) is 8.21. The summed E-state index contributed by atoms with van der Waals surface area (Å²) in [5.41, 5.74) is 1.05. The standard InChI is InChI=1S/C19H23FN2O3/c1-24-18-6-3-2-5-15(18)11-13-22-19(23)21-12-4-14-25-17-9-7-16(20)8-10-17/h2-3,5-10H,4,11-14H2,1H3,(H2,21,22,23). The number of amides is 2. The lowest BCUT2D eigenvalue weighted by Crippen LogP contribution is -2.37. The van der Waals surface area contributed by atoms with E-state index in [1.807, 2.05) is 24.3 Å². The van der Waals surface area contributed by atoms with E-state index in [2.05, 4.69) is 10.6 Å². The van der Waals surface area contributed by atoms with Gasteiger partial charge in [0.1, 0.15) is 17.3 Å². The minimum Gasteiger partial charge on any atom is -0.496 e. The summed E-state index contributed by atoms with van der Waals surface area (Å²) in [5.74, 6) is 1.14. The van der Waals surface area contributed by atoms with Crippen LogP contribution in [0, 0.1) is 5.82 Å². The van der Waals surface area contributed by atoms with E-state index in [-0.39, 0.29) is 11.8 Å². The zero-order valence-corrected chi connectivity index (χ0v) is 14.3. The first kappa shape index (κ1) is 18.6. The molecule has 6 heteroatoms. The molecule has 0 unspecified atom stereocenters. The van der Waals surface area contributed by atoms with Crippen molar-refractivity contribution < 1.29 is 18.7 Å². The number of hydrogen-bond donors (Lipinski definition) is 2. The van der Waals surface area contributed by atoms with Gasteiger partial charge in [0.15, 0.2) is 0 Å². The molecular formula is C19H23FN2O3. The quantitative estimate of drug-likeness (QED) is 0.686. The SMILES string of the molecule is COc1ccccc1CCNC(=O)NCCCOc1ccc(F)cc1. The molecule has 2 N–H and O–H groups in total. The summed E-state index contributed by atoms with van der Waals surface area (Å²) in [6.07, 6.45) is 1.36. The highest BCUT2D eigenvalue weighted by molar-refractivity contribution is 5.73. The molecule has 0 heterocycles. The fourth-order valence-corrected chi connectivity index (χ4v) is 2.28. The van der Waals surface area contributed by atoms with Crippen LogP contribution in [0.2, 0.25) is 0 Å². The van der Waals surface area contributed by atoms with Crippen molar-refractivity contribution in [2.24, 2.45) is 0 Å². The van der Waals surface area contributed by atoms with Crippen LogP contribution in [0.25, 0.3) is 0 Å². The second kappa shape index (κ2) is 10.2. The summed E-state index contributed by atoms with van der Waals surface area (Å²) < 4.78 is 23.5. The van der Waals surface area contributed by atoms with Crippen LogP contribution in [-0.2, 0) is 6.42 Å². The van der Waals surface area contributed by atoms with E-state index in [9.17, 15) is 9.18 Å². The molecule has 2 aromatic rings. The van der Waals surface area contributed by atoms with Gasteiger partial charge in [-0.1, -0.05) is 18.2 Å². The Morgan fingerprint density at radius 2 is 1.76 bits per heavy atom. The van der Waals surface area contributed by atoms with E-state index < -0.39 is 0 Å². The fraction of sp³-hybridized carbons (Fsp3) is 0.316. The Kier molecular flexibility index (Phi) is 7.56. The highest BCUT2D eigenvalue weighted by atomic mass is 19.1. The molecule has 5 nitrogen and oxygen atoms in total. The molecular weight excluding hydrogens is 323 g/mol. The molecule has 2 rings (SSSR count). The maximum atomic E-state index is 12.8. The molecule has 0 aliphatic rings. The first-order chi connectivity index (χ1) is 12.2. The van der Waals surface area contributed by atoms with Gasteiger partial charge in [-0.3, -0.25) is 0 Å². The molecule has 0 bridgehead atoms. The molecule has 2 amide bonds. The Hall–Kier alpha value is -2.76. The maximum Gasteiger partial charge on any atom is 0.314 e. The summed E-state index contributed by atoms with van der Waals surface area (Å²) >= 11 is 0. The average Bonchev–Trinajstić information content (AvgIpc) is 2.63. The van der Waals surface area contributed by atoms with Crippen LogP contribution in [-0.4, -0.2) is 32.8 Å². The molecule has 0 aromatic heterocycles. The van der Waals surface area contributed by atoms with Crippen molar-refractivity contribution in [3.63, 3.8) is 0 Å². The summed E-state index contributed by atoms with van der Waals surface area (Å²) in [4.78, 5) is 11.7. The third kappa shape index (κ3) is 6.71. The van der Waals surface area contributed by atoms with Gasteiger partial charge in [0, 0.05) is 13.1 Å². The van der Waals surface area contributed by atoms with E-state index in [1.165, 1.54) is 12.1 Å². The van der Waals surface area contributed by atoms with Gasteiger partial charge in [-0.25, -0.2) is 9.18 Å². The molecule has 25 heavy (non-hydrogen) atoms. The third-order valence-corrected chi connectivity index (χ3v) is 3.56. The molecule has 0 radical (unpaired) electrons. The Morgan fingerprint density at radius 1 is 1.04 bits per heavy atom. The summed E-state index contributed by atoms with van der Waals surface area (Å²) in [7, 11) is 1.63. The predicted octanol–water partition coefficient (Wildman–Crippen LogP) is 3.15. The Morgan fingerprint density at radius 3 is 2.52 bits per heavy atom. The number of para-hydroxylation sites is 1. The summed E-state index contributed by atoms with van der Waals surface area (Å²) in [6.45, 7) is 1.48. The Labute approximate surface area is 147 Å². The minimum absolute atomic E-state index is 0.211. The second-order valence-corrected chi connectivity index (χ2v) is 5.40. The first-order valence-corrected chi connectivity index (χ1v) is 8.21. The largest absolute Gasteiger partial charge is 0.496 e. The zero-order chi connectivity index (χ0) is 17.9. The van der Waals surface area contributed by atoms with Gasteiger partial charge in [0.05, 0.1) is 13.7 Å². The highest BCUT2D eigenvalue weighted by Gasteiger charge is 2.03. The minimum atomic E-state index is -0.293. The number of methoxy groups -OCH3 is 1. The number of carbonyl (C=O) groups is 1. The molecule has 0 aliphatic heterocycles. The van der Waals surface area contributed by atoms with Crippen LogP contribution in [0.15, 0.2) is 48.5 Å². The normalized spacial score (nSPS) is 10.2. The summed E-state index contributed by atoms with van der Waals surface area (Å²) in [5, 5.41) is 5.58. The van der Waals surface area contributed by atoms with E-state index in [4.69, 9.17) is 9.47 Å². The van der Waals surface area contributed by atoms with E-state index in [0.29, 0.717) is 38.3 Å². The van der Waals surface area contributed by atoms with Crippen molar-refractivity contribution in [2.75, 3.05) is 26.8 Å². The molecule has 0 saturated heterocycles. The Bertz CT molecular complexity index is 662. The van der Waals surface area contributed by atoms with Crippen molar-refractivity contribution in [2.45, 2.75) is 12.8 Å². The maximum absolute atomic E-state index is 12.8. The summed E-state index contributed by atoms with van der Waals surface area (Å²) in [6, 6.07) is 13.4. The highest BCUT2D eigenvalue weighted by Crippen LogP contribution is 2.17. The van der Waals surface area contributed by atoms with Crippen molar-refractivity contribution in [1.82, 2.24) is 10.6 Å². The number of rotatable bonds is 9. The van der Waals surface area contributed by atoms with Crippen molar-refractivity contribution in [3.05, 3.63) is 59.9 Å². The lowest BCUT2D eigenvalue weighted by atomic mass is 10.1. The van der Waals surface area contributed by atoms with Gasteiger partial charge in [-0.2, -0.15) is 0 Å². The van der Waals surface area contributed by atoms with E-state index in [0.717, 1.165) is 11.3 Å². The number of nitrogens with one attached hydrogen (secondary N) is 2. The molecule has 134 valence electrons. The van der Waals surface area contributed by atoms with Crippen LogP contribution in [0.1, 0.15) is 12.0 Å². The molecule has 0 saturated carbocycles. The van der Waals surface area contributed by atoms with Gasteiger partial charge >= 0.3 is 6.03 Å². The predicted molar refractivity (Wildman–Crippen MR) is 94.6 cm³/mol. The van der Waals surface area contributed by atoms with Gasteiger partial charge < -0.3 is 20.1 Å². The lowest BCUT2D eigenvalue weighted by molar-refractivity contribution is 0.239. The second-order valence-electron chi connectivity index (χ2n) is 5.40. The lowest BCUT2D eigenvalue weighted by Gasteiger charge is -2.10. The zero-order valence-electron chi connectivity index (χ0n) is 14.3. The van der Waals surface area contributed by atoms with Gasteiger partial charge in [0.2, 0.25) is 0 Å². The monoisotopic (exact) mass is 346 g/mol. The van der Waals surface area contributed by atoms with Crippen LogP contribution >= 0.6 is 0 Å². The molecule has 0 atom stereocenters. The molecule has 0 aliphatic carbocycles. The fourth-order valence-electron chi connectivity index (χ4n) is 2.28.